The zero-order valence-electron chi connectivity index (χ0n) is 8.70. The smallest absolute Gasteiger partial charge is 0.0703 e. The van der Waals surface area contributed by atoms with Gasteiger partial charge in [0.2, 0.25) is 0 Å². The minimum Gasteiger partial charge on any atom is -0.394 e. The quantitative estimate of drug-likeness (QED) is 0.709. The molecule has 0 aromatic carbocycles. The van der Waals surface area contributed by atoms with Gasteiger partial charge in [-0.2, -0.15) is 0 Å². The van der Waals surface area contributed by atoms with Gasteiger partial charge in [0.25, 0.3) is 0 Å². The van der Waals surface area contributed by atoms with Crippen molar-refractivity contribution in [1.29, 1.82) is 0 Å². The van der Waals surface area contributed by atoms with Crippen LogP contribution in [0.25, 0.3) is 0 Å². The number of nitrogens with zero attached hydrogens (tertiary/aromatic N) is 1. The molecule has 1 aliphatic rings. The maximum absolute atomic E-state index is 8.63. The fourth-order valence-electron chi connectivity index (χ4n) is 1.79. The Balaban J connectivity index is 2.25. The predicted octanol–water partition coefficient (Wildman–Crippen LogP) is 0.868. The van der Waals surface area contributed by atoms with Crippen LogP contribution >= 0.6 is 0 Å². The first-order chi connectivity index (χ1) is 6.24. The van der Waals surface area contributed by atoms with Crippen LogP contribution in [0.15, 0.2) is 0 Å². The Labute approximate surface area is 80.7 Å². The van der Waals surface area contributed by atoms with Crippen LogP contribution in [-0.4, -0.2) is 48.5 Å². The van der Waals surface area contributed by atoms with E-state index in [1.807, 2.05) is 0 Å². The SMILES string of the molecule is CC(C)N1CCCC(OCCO)C1. The molecule has 1 aliphatic heterocycles. The molecule has 0 aromatic heterocycles. The normalized spacial score (nSPS) is 25.4. The Morgan fingerprint density at radius 3 is 2.92 bits per heavy atom. The van der Waals surface area contributed by atoms with E-state index in [2.05, 4.69) is 18.7 Å². The van der Waals surface area contributed by atoms with Crippen molar-refractivity contribution in [2.45, 2.75) is 38.8 Å². The Hall–Kier alpha value is -0.120. The highest BCUT2D eigenvalue weighted by atomic mass is 16.5. The third-order valence-corrected chi connectivity index (χ3v) is 2.58. The second kappa shape index (κ2) is 5.58. The number of rotatable bonds is 4. The molecule has 1 heterocycles. The van der Waals surface area contributed by atoms with E-state index in [9.17, 15) is 0 Å². The van der Waals surface area contributed by atoms with Crippen LogP contribution < -0.4 is 0 Å². The van der Waals surface area contributed by atoms with E-state index < -0.39 is 0 Å². The van der Waals surface area contributed by atoms with E-state index in [0.29, 0.717) is 18.8 Å². The van der Waals surface area contributed by atoms with Crippen molar-refractivity contribution in [2.24, 2.45) is 0 Å². The summed E-state index contributed by atoms with van der Waals surface area (Å²) in [5.74, 6) is 0. The van der Waals surface area contributed by atoms with Crippen molar-refractivity contribution in [3.8, 4) is 0 Å². The molecule has 1 atom stereocenters. The summed E-state index contributed by atoms with van der Waals surface area (Å²) in [5, 5.41) is 8.63. The first kappa shape index (κ1) is 11.0. The number of piperidine rings is 1. The van der Waals surface area contributed by atoms with E-state index in [0.717, 1.165) is 13.0 Å². The minimum absolute atomic E-state index is 0.137. The van der Waals surface area contributed by atoms with Crippen LogP contribution in [0.4, 0.5) is 0 Å². The Kier molecular flexibility index (Phi) is 4.70. The molecule has 1 unspecified atom stereocenters. The highest BCUT2D eigenvalue weighted by molar-refractivity contribution is 4.75. The Morgan fingerprint density at radius 1 is 1.54 bits per heavy atom. The van der Waals surface area contributed by atoms with Crippen molar-refractivity contribution >= 4 is 0 Å². The lowest BCUT2D eigenvalue weighted by Crippen LogP contribution is -2.43. The molecule has 0 bridgehead atoms. The molecule has 0 spiro atoms. The van der Waals surface area contributed by atoms with Crippen LogP contribution in [0.5, 0.6) is 0 Å². The molecule has 1 fully saturated rings. The maximum atomic E-state index is 8.63. The monoisotopic (exact) mass is 187 g/mol. The zero-order valence-corrected chi connectivity index (χ0v) is 8.70. The van der Waals surface area contributed by atoms with Crippen LogP contribution in [-0.2, 0) is 4.74 Å². The fraction of sp³-hybridized carbons (Fsp3) is 1.00. The second-order valence-electron chi connectivity index (χ2n) is 3.95. The lowest BCUT2D eigenvalue weighted by Gasteiger charge is -2.35. The second-order valence-corrected chi connectivity index (χ2v) is 3.95. The molecule has 78 valence electrons. The lowest BCUT2D eigenvalue weighted by molar-refractivity contribution is -0.0212. The summed E-state index contributed by atoms with van der Waals surface area (Å²) in [6.07, 6.45) is 2.70. The number of aliphatic hydroxyl groups excluding tert-OH is 1. The number of hydrogen-bond donors (Lipinski definition) is 1. The highest BCUT2D eigenvalue weighted by Crippen LogP contribution is 2.15. The highest BCUT2D eigenvalue weighted by Gasteiger charge is 2.21. The van der Waals surface area contributed by atoms with Gasteiger partial charge in [-0.25, -0.2) is 0 Å². The molecule has 0 aromatic rings. The topological polar surface area (TPSA) is 32.7 Å². The molecule has 1 saturated heterocycles. The molecule has 0 radical (unpaired) electrons. The van der Waals surface area contributed by atoms with E-state index in [-0.39, 0.29) is 6.61 Å². The molecule has 0 aliphatic carbocycles. The molecular weight excluding hydrogens is 166 g/mol. The van der Waals surface area contributed by atoms with Crippen molar-refractivity contribution in [3.05, 3.63) is 0 Å². The molecule has 1 N–H and O–H groups in total. The zero-order chi connectivity index (χ0) is 9.68. The van der Waals surface area contributed by atoms with Gasteiger partial charge in [-0.3, -0.25) is 4.90 Å². The van der Waals surface area contributed by atoms with E-state index in [1.54, 1.807) is 0 Å². The summed E-state index contributed by atoms with van der Waals surface area (Å²) in [6, 6.07) is 0.612. The average molecular weight is 187 g/mol. The average Bonchev–Trinajstić information content (AvgIpc) is 2.15. The van der Waals surface area contributed by atoms with Gasteiger partial charge in [-0.15, -0.1) is 0 Å². The van der Waals surface area contributed by atoms with Crippen molar-refractivity contribution < 1.29 is 9.84 Å². The van der Waals surface area contributed by atoms with Crippen molar-refractivity contribution in [2.75, 3.05) is 26.3 Å². The van der Waals surface area contributed by atoms with E-state index in [4.69, 9.17) is 9.84 Å². The summed E-state index contributed by atoms with van der Waals surface area (Å²) in [6.45, 7) is 7.27. The first-order valence-corrected chi connectivity index (χ1v) is 5.20. The van der Waals surface area contributed by atoms with E-state index >= 15 is 0 Å². The van der Waals surface area contributed by atoms with Crippen molar-refractivity contribution in [1.82, 2.24) is 4.90 Å². The van der Waals surface area contributed by atoms with Crippen LogP contribution in [0, 0.1) is 0 Å². The first-order valence-electron chi connectivity index (χ1n) is 5.20. The largest absolute Gasteiger partial charge is 0.394 e. The standard InChI is InChI=1S/C10H21NO2/c1-9(2)11-5-3-4-10(8-11)13-7-6-12/h9-10,12H,3-8H2,1-2H3. The number of ether oxygens (including phenoxy) is 1. The summed E-state index contributed by atoms with van der Waals surface area (Å²) in [4.78, 5) is 2.44. The number of likely N-dealkylation sites (tertiary alicyclic amines) is 1. The molecule has 3 heteroatoms. The Bertz CT molecular complexity index is 139. The van der Waals surface area contributed by atoms with Gasteiger partial charge in [-0.05, 0) is 33.2 Å². The molecule has 1 rings (SSSR count). The van der Waals surface area contributed by atoms with Crippen molar-refractivity contribution in [3.63, 3.8) is 0 Å². The summed E-state index contributed by atoms with van der Waals surface area (Å²) < 4.78 is 5.52. The fourth-order valence-corrected chi connectivity index (χ4v) is 1.79. The van der Waals surface area contributed by atoms with Gasteiger partial charge in [0.15, 0.2) is 0 Å². The van der Waals surface area contributed by atoms with Gasteiger partial charge in [-0.1, -0.05) is 0 Å². The minimum atomic E-state index is 0.137. The predicted molar refractivity (Wildman–Crippen MR) is 52.8 cm³/mol. The van der Waals surface area contributed by atoms with Crippen LogP contribution in [0.1, 0.15) is 26.7 Å². The summed E-state index contributed by atoms with van der Waals surface area (Å²) >= 11 is 0. The molecule has 3 nitrogen and oxygen atoms in total. The van der Waals surface area contributed by atoms with E-state index in [1.165, 1.54) is 13.0 Å². The third-order valence-electron chi connectivity index (χ3n) is 2.58. The summed E-state index contributed by atoms with van der Waals surface area (Å²) in [5.41, 5.74) is 0. The third kappa shape index (κ3) is 3.63. The molecular formula is C10H21NO2. The molecule has 0 amide bonds. The number of hydrogen-bond acceptors (Lipinski definition) is 3. The maximum Gasteiger partial charge on any atom is 0.0703 e. The summed E-state index contributed by atoms with van der Waals surface area (Å²) in [7, 11) is 0. The van der Waals surface area contributed by atoms with Gasteiger partial charge in [0.1, 0.15) is 0 Å². The van der Waals surface area contributed by atoms with Gasteiger partial charge in [0.05, 0.1) is 19.3 Å². The number of aliphatic hydroxyl groups is 1. The van der Waals surface area contributed by atoms with Crippen LogP contribution in [0.2, 0.25) is 0 Å². The lowest BCUT2D eigenvalue weighted by atomic mass is 10.1. The van der Waals surface area contributed by atoms with Gasteiger partial charge < -0.3 is 9.84 Å². The Morgan fingerprint density at radius 2 is 2.31 bits per heavy atom. The van der Waals surface area contributed by atoms with Gasteiger partial charge in [0, 0.05) is 12.6 Å². The molecule has 0 saturated carbocycles. The van der Waals surface area contributed by atoms with Gasteiger partial charge >= 0.3 is 0 Å². The molecule has 13 heavy (non-hydrogen) atoms. The van der Waals surface area contributed by atoms with Crippen LogP contribution in [0.3, 0.4) is 0 Å².